The Balaban J connectivity index is 1.72. The lowest BCUT2D eigenvalue weighted by molar-refractivity contribution is 0.591. The van der Waals surface area contributed by atoms with Gasteiger partial charge in [0.1, 0.15) is 11.6 Å². The molecule has 0 aliphatic heterocycles. The van der Waals surface area contributed by atoms with Gasteiger partial charge in [0.05, 0.1) is 5.56 Å². The normalized spacial score (nSPS) is 14.2. The predicted octanol–water partition coefficient (Wildman–Crippen LogP) is 6.55. The lowest BCUT2D eigenvalue weighted by Crippen LogP contribution is -1.91. The highest BCUT2D eigenvalue weighted by atomic mass is 32.1. The van der Waals surface area contributed by atoms with Gasteiger partial charge in [0, 0.05) is 9.75 Å². The summed E-state index contributed by atoms with van der Waals surface area (Å²) in [6, 6.07) is 14.6. The number of halogens is 2. The molecular weight excluding hydrogens is 310 g/mol. The van der Waals surface area contributed by atoms with E-state index in [1.807, 2.05) is 25.1 Å². The molecule has 1 heterocycles. The number of rotatable bonds is 3. The van der Waals surface area contributed by atoms with Gasteiger partial charge in [-0.05, 0) is 66.6 Å². The smallest absolute Gasteiger partial charge is 0.135 e. The lowest BCUT2D eigenvalue weighted by Gasteiger charge is -2.08. The van der Waals surface area contributed by atoms with E-state index in [0.717, 1.165) is 10.4 Å². The van der Waals surface area contributed by atoms with Crippen molar-refractivity contribution in [3.63, 3.8) is 0 Å². The molecule has 0 nitrogen and oxygen atoms in total. The third-order valence-corrected chi connectivity index (χ3v) is 5.34. The van der Waals surface area contributed by atoms with Crippen molar-refractivity contribution < 1.29 is 8.78 Å². The van der Waals surface area contributed by atoms with Gasteiger partial charge in [-0.2, -0.15) is 0 Å². The van der Waals surface area contributed by atoms with Crippen LogP contribution in [0.15, 0.2) is 48.5 Å². The minimum Gasteiger partial charge on any atom is -0.206 e. The van der Waals surface area contributed by atoms with Crippen molar-refractivity contribution in [3.05, 3.63) is 70.6 Å². The molecule has 0 radical (unpaired) electrons. The first-order chi connectivity index (χ1) is 11.1. The van der Waals surface area contributed by atoms with Crippen LogP contribution in [0.2, 0.25) is 0 Å². The van der Waals surface area contributed by atoms with E-state index in [4.69, 9.17) is 0 Å². The summed E-state index contributed by atoms with van der Waals surface area (Å²) in [5.41, 5.74) is 2.82. The van der Waals surface area contributed by atoms with Gasteiger partial charge in [-0.25, -0.2) is 8.78 Å². The summed E-state index contributed by atoms with van der Waals surface area (Å²) in [6.45, 7) is 1.93. The molecule has 0 bridgehead atoms. The summed E-state index contributed by atoms with van der Waals surface area (Å²) in [7, 11) is 0. The Morgan fingerprint density at radius 3 is 2.04 bits per heavy atom. The van der Waals surface area contributed by atoms with Crippen LogP contribution < -0.4 is 0 Å². The van der Waals surface area contributed by atoms with Crippen molar-refractivity contribution in [2.45, 2.75) is 25.7 Å². The average Bonchev–Trinajstić information content (AvgIpc) is 3.30. The van der Waals surface area contributed by atoms with E-state index in [1.54, 1.807) is 6.07 Å². The molecule has 4 rings (SSSR count). The summed E-state index contributed by atoms with van der Waals surface area (Å²) >= 11 is 1.40. The zero-order valence-corrected chi connectivity index (χ0v) is 13.6. The number of benzene rings is 2. The van der Waals surface area contributed by atoms with Gasteiger partial charge < -0.3 is 0 Å². The van der Waals surface area contributed by atoms with E-state index in [9.17, 15) is 8.78 Å². The van der Waals surface area contributed by atoms with Gasteiger partial charge in [0.25, 0.3) is 0 Å². The zero-order chi connectivity index (χ0) is 16.0. The van der Waals surface area contributed by atoms with E-state index in [2.05, 4.69) is 12.1 Å². The quantitative estimate of drug-likeness (QED) is 0.512. The number of aryl methyl sites for hydroxylation is 1. The summed E-state index contributed by atoms with van der Waals surface area (Å²) in [5.74, 6) is -0.330. The van der Waals surface area contributed by atoms with Crippen LogP contribution in [-0.4, -0.2) is 0 Å². The first kappa shape index (κ1) is 14.6. The maximum Gasteiger partial charge on any atom is 0.135 e. The topological polar surface area (TPSA) is 0 Å². The van der Waals surface area contributed by atoms with Crippen molar-refractivity contribution in [1.82, 2.24) is 0 Å². The molecule has 2 aromatic carbocycles. The summed E-state index contributed by atoms with van der Waals surface area (Å²) in [4.78, 5) is 1.67. The van der Waals surface area contributed by atoms with Crippen molar-refractivity contribution in [3.8, 4) is 21.6 Å². The molecule has 3 aromatic rings. The average molecular weight is 326 g/mol. The van der Waals surface area contributed by atoms with Crippen molar-refractivity contribution in [2.24, 2.45) is 0 Å². The molecule has 1 aliphatic rings. The Bertz CT molecular complexity index is 835. The summed E-state index contributed by atoms with van der Waals surface area (Å²) in [6.07, 6.45) is 2.50. The van der Waals surface area contributed by atoms with E-state index < -0.39 is 11.6 Å². The third-order valence-electron chi connectivity index (χ3n) is 4.32. The van der Waals surface area contributed by atoms with Crippen LogP contribution in [0.5, 0.6) is 0 Å². The first-order valence-electron chi connectivity index (χ1n) is 7.78. The molecule has 1 fully saturated rings. The fraction of sp³-hybridized carbons (Fsp3) is 0.200. The van der Waals surface area contributed by atoms with Crippen LogP contribution in [-0.2, 0) is 0 Å². The van der Waals surface area contributed by atoms with Gasteiger partial charge in [0.2, 0.25) is 0 Å². The second-order valence-electron chi connectivity index (χ2n) is 6.12. The van der Waals surface area contributed by atoms with Crippen molar-refractivity contribution in [1.29, 1.82) is 0 Å². The Labute approximate surface area is 138 Å². The molecule has 1 saturated carbocycles. The maximum atomic E-state index is 14.5. The van der Waals surface area contributed by atoms with Gasteiger partial charge in [0.15, 0.2) is 0 Å². The first-order valence-corrected chi connectivity index (χ1v) is 8.59. The second-order valence-corrected chi connectivity index (χ2v) is 7.41. The molecule has 0 unspecified atom stereocenters. The fourth-order valence-electron chi connectivity index (χ4n) is 2.91. The Hall–Kier alpha value is -2.00. The Morgan fingerprint density at radius 2 is 1.52 bits per heavy atom. The van der Waals surface area contributed by atoms with Crippen LogP contribution in [0.4, 0.5) is 8.78 Å². The molecule has 0 amide bonds. The van der Waals surface area contributed by atoms with Crippen molar-refractivity contribution in [2.75, 3.05) is 0 Å². The fourth-order valence-corrected chi connectivity index (χ4v) is 3.82. The minimum atomic E-state index is -0.506. The second kappa shape index (κ2) is 5.57. The van der Waals surface area contributed by atoms with E-state index in [0.29, 0.717) is 16.4 Å². The molecule has 1 aromatic heterocycles. The van der Waals surface area contributed by atoms with Gasteiger partial charge in [-0.15, -0.1) is 11.3 Å². The van der Waals surface area contributed by atoms with Crippen LogP contribution in [0.25, 0.3) is 21.6 Å². The van der Waals surface area contributed by atoms with Crippen molar-refractivity contribution >= 4 is 11.3 Å². The highest BCUT2D eigenvalue weighted by molar-refractivity contribution is 7.15. The highest BCUT2D eigenvalue weighted by Crippen LogP contribution is 2.41. The van der Waals surface area contributed by atoms with E-state index >= 15 is 0 Å². The molecule has 0 spiro atoms. The monoisotopic (exact) mass is 326 g/mol. The summed E-state index contributed by atoms with van der Waals surface area (Å²) in [5, 5.41) is 0. The molecule has 0 atom stereocenters. The minimum absolute atomic E-state index is 0.0708. The molecular formula is C20H16F2S. The van der Waals surface area contributed by atoms with Gasteiger partial charge in [-0.1, -0.05) is 24.3 Å². The number of hydrogen-bond donors (Lipinski definition) is 0. The molecule has 0 saturated heterocycles. The Kier molecular flexibility index (Phi) is 3.53. The SMILES string of the molecule is Cc1ccc(-c2c(F)cc(-c3ccc(C4CC4)cc3)cc2F)s1. The maximum absolute atomic E-state index is 14.5. The molecule has 0 N–H and O–H groups in total. The largest absolute Gasteiger partial charge is 0.206 e. The number of thiophene rings is 1. The van der Waals surface area contributed by atoms with E-state index in [-0.39, 0.29) is 5.56 Å². The standard InChI is InChI=1S/C20H16F2S/c1-12-2-9-19(23-12)20-17(21)10-16(11-18(20)22)15-7-5-14(6-8-15)13-3-4-13/h2,5-11,13H,3-4H2,1H3. The molecule has 3 heteroatoms. The lowest BCUT2D eigenvalue weighted by atomic mass is 10.00. The Morgan fingerprint density at radius 1 is 0.870 bits per heavy atom. The van der Waals surface area contributed by atoms with Crippen LogP contribution >= 0.6 is 11.3 Å². The van der Waals surface area contributed by atoms with Crippen LogP contribution in [0.1, 0.15) is 29.2 Å². The van der Waals surface area contributed by atoms with Gasteiger partial charge in [-0.3, -0.25) is 0 Å². The van der Waals surface area contributed by atoms with Crippen LogP contribution in [0, 0.1) is 18.6 Å². The molecule has 116 valence electrons. The zero-order valence-electron chi connectivity index (χ0n) is 12.8. The molecule has 23 heavy (non-hydrogen) atoms. The third kappa shape index (κ3) is 2.81. The summed E-state index contributed by atoms with van der Waals surface area (Å²) < 4.78 is 29.0. The van der Waals surface area contributed by atoms with Crippen LogP contribution in [0.3, 0.4) is 0 Å². The van der Waals surface area contributed by atoms with E-state index in [1.165, 1.54) is 41.9 Å². The number of hydrogen-bond acceptors (Lipinski definition) is 1. The predicted molar refractivity (Wildman–Crippen MR) is 91.8 cm³/mol. The highest BCUT2D eigenvalue weighted by Gasteiger charge is 2.23. The van der Waals surface area contributed by atoms with Gasteiger partial charge >= 0.3 is 0 Å². The molecule has 1 aliphatic carbocycles.